The lowest BCUT2D eigenvalue weighted by atomic mass is 10.0. The van der Waals surface area contributed by atoms with Crippen molar-refractivity contribution in [2.45, 2.75) is 463 Å². The summed E-state index contributed by atoms with van der Waals surface area (Å²) >= 11 is 0. The topological polar surface area (TPSA) is 231 Å². The number of hydrogen-bond donors (Lipinski definition) is 4. The minimum Gasteiger partial charge on any atom is -0.463 e. The largest absolute Gasteiger partial charge is 0.472 e. The summed E-state index contributed by atoms with van der Waals surface area (Å²) in [6.07, 6.45) is 143. The number of ether oxygens (including phenoxy) is 3. The molecule has 0 fully saturated rings. The van der Waals surface area contributed by atoms with Gasteiger partial charge in [0.05, 0.1) is 26.4 Å². The fraction of sp³-hybridized carbons (Fsp3) is 0.678. The monoisotopic (exact) mass is 1890 g/mol. The van der Waals surface area contributed by atoms with Crippen molar-refractivity contribution < 1.29 is 75.8 Å². The first kappa shape index (κ1) is 127. The van der Waals surface area contributed by atoms with Gasteiger partial charge in [-0.15, -0.1) is 0 Å². The predicted octanol–water partition coefficient (Wildman–Crippen LogP) is 34.2. The molecular weight excluding hydrogens is 1700 g/mol. The van der Waals surface area contributed by atoms with Gasteiger partial charge < -0.3 is 34.2 Å². The fourth-order valence-corrected chi connectivity index (χ4v) is 16.1. The number of aliphatic hydroxyl groups is 2. The number of carbonyl (C=O) groups excluding carboxylic acids is 3. The predicted molar refractivity (Wildman–Crippen MR) is 564 cm³/mol. The molecule has 0 aromatic carbocycles. The van der Waals surface area contributed by atoms with Crippen molar-refractivity contribution in [1.82, 2.24) is 0 Å². The Bertz CT molecular complexity index is 3250. The quantitative estimate of drug-likeness (QED) is 0.0146. The highest BCUT2D eigenvalue weighted by Gasteiger charge is 2.30. The molecule has 5 unspecified atom stereocenters. The molecule has 0 radical (unpaired) electrons. The van der Waals surface area contributed by atoms with Gasteiger partial charge in [-0.05, 0) is 167 Å². The van der Waals surface area contributed by atoms with Crippen molar-refractivity contribution >= 4 is 33.6 Å². The van der Waals surface area contributed by atoms with Crippen LogP contribution in [0.25, 0.3) is 0 Å². The minimum atomic E-state index is -4.95. The zero-order valence-electron chi connectivity index (χ0n) is 84.4. The van der Waals surface area contributed by atoms with E-state index in [-0.39, 0.29) is 19.3 Å². The Morgan fingerprint density at radius 2 is 0.376 bits per heavy atom. The molecule has 0 aromatic rings. The van der Waals surface area contributed by atoms with Gasteiger partial charge in [-0.2, -0.15) is 0 Å². The van der Waals surface area contributed by atoms with Gasteiger partial charge in [0.1, 0.15) is 25.4 Å². The molecular formula is C115H194O16P2. The summed E-state index contributed by atoms with van der Waals surface area (Å²) in [5, 5.41) is 20.8. The summed E-state index contributed by atoms with van der Waals surface area (Å²) in [7, 11) is -9.83. The molecule has 0 aliphatic carbocycles. The molecule has 0 spiro atoms. The van der Waals surface area contributed by atoms with Crippen LogP contribution >= 0.6 is 15.6 Å². The molecule has 16 nitrogen and oxygen atoms in total. The van der Waals surface area contributed by atoms with Crippen LogP contribution in [0.3, 0.4) is 0 Å². The van der Waals surface area contributed by atoms with Crippen LogP contribution < -0.4 is 0 Å². The van der Waals surface area contributed by atoms with Crippen molar-refractivity contribution in [2.24, 2.45) is 0 Å². The number of phosphoric ester groups is 2. The standard InChI is InChI=1S/C115H194O16P2/c1-4-7-10-13-16-19-22-25-28-31-34-37-40-43-46-49-52-54-57-59-62-65-68-71-74-77-80-83-86-89-92-95-98-101-113(118)125-104-110(116)105-127-132(121,122)128-106-111(117)107-129-133(123,124)130-109-112(131-115(120)103-100-97-94-91-88-85-82-79-76-73-70-67-64-61-56-51-48-45-42-39-36-33-30-27-24-21-18-15-12-9-6-3)108-126-114(119)102-99-96-93-90-87-84-81-78-75-72-69-66-63-60-58-55-53-50-47-44-41-38-35-32-29-26-23-20-17-14-11-8-5-2/h7-12,16-21,25-30,34-39,43-48,52-55,110-112,116-117H,4-6,13-15,22-24,31-33,40-42,49-51,56-109H2,1-3H3,(H,121,122)(H,123,124)/b10-7-,11-8-,12-9-,19-16-,20-17-,21-18-,28-25-,29-26-,30-27-,37-34-,38-35-,39-36-,46-43-,47-44-,48-45-,54-52-,55-53-. The molecule has 0 bridgehead atoms. The highest BCUT2D eigenvalue weighted by Crippen LogP contribution is 2.45. The maximum atomic E-state index is 13.2. The smallest absolute Gasteiger partial charge is 0.463 e. The Morgan fingerprint density at radius 1 is 0.211 bits per heavy atom. The van der Waals surface area contributed by atoms with E-state index in [1.807, 2.05) is 0 Å². The molecule has 0 rings (SSSR count). The van der Waals surface area contributed by atoms with Crippen LogP contribution in [0, 0.1) is 0 Å². The molecule has 4 N–H and O–H groups in total. The maximum absolute atomic E-state index is 13.2. The number of phosphoric acid groups is 2. The second-order valence-electron chi connectivity index (χ2n) is 35.3. The van der Waals surface area contributed by atoms with E-state index in [2.05, 4.69) is 227 Å². The second-order valence-corrected chi connectivity index (χ2v) is 38.2. The second kappa shape index (κ2) is 105. The Kier molecular flexibility index (Phi) is 100. The fourth-order valence-electron chi connectivity index (χ4n) is 14.6. The molecule has 0 saturated carbocycles. The normalized spacial score (nSPS) is 14.4. The summed E-state index contributed by atoms with van der Waals surface area (Å²) in [5.41, 5.74) is 0. The Hall–Kier alpha value is -5.87. The van der Waals surface area contributed by atoms with Crippen LogP contribution in [-0.2, 0) is 55.8 Å². The lowest BCUT2D eigenvalue weighted by molar-refractivity contribution is -0.161. The van der Waals surface area contributed by atoms with E-state index < -0.39 is 91.5 Å². The van der Waals surface area contributed by atoms with Crippen LogP contribution in [0.2, 0.25) is 0 Å². The zero-order valence-corrected chi connectivity index (χ0v) is 86.1. The average Bonchev–Trinajstić information content (AvgIpc) is 0.896. The molecule has 18 heteroatoms. The Labute approximate surface area is 813 Å². The maximum Gasteiger partial charge on any atom is 0.472 e. The van der Waals surface area contributed by atoms with E-state index in [0.717, 1.165) is 199 Å². The average molecular weight is 1890 g/mol. The summed E-state index contributed by atoms with van der Waals surface area (Å²) in [6.45, 7) is 2.41. The van der Waals surface area contributed by atoms with E-state index in [1.54, 1.807) is 0 Å². The van der Waals surface area contributed by atoms with Gasteiger partial charge in [0, 0.05) is 19.3 Å². The lowest BCUT2D eigenvalue weighted by Crippen LogP contribution is -2.30. The number of carbonyl (C=O) groups is 3. The van der Waals surface area contributed by atoms with Gasteiger partial charge in [-0.1, -0.05) is 465 Å². The summed E-state index contributed by atoms with van der Waals surface area (Å²) < 4.78 is 61.8. The highest BCUT2D eigenvalue weighted by molar-refractivity contribution is 7.47. The molecule has 0 saturated heterocycles. The molecule has 0 aliphatic rings. The van der Waals surface area contributed by atoms with E-state index >= 15 is 0 Å². The first-order valence-corrected chi connectivity index (χ1v) is 56.4. The summed E-state index contributed by atoms with van der Waals surface area (Å²) in [6, 6.07) is 0. The summed E-state index contributed by atoms with van der Waals surface area (Å²) in [5.74, 6) is -1.56. The number of esters is 3. The van der Waals surface area contributed by atoms with Gasteiger partial charge in [-0.3, -0.25) is 32.5 Å². The van der Waals surface area contributed by atoms with Crippen molar-refractivity contribution in [3.63, 3.8) is 0 Å². The molecule has 760 valence electrons. The molecule has 133 heavy (non-hydrogen) atoms. The van der Waals surface area contributed by atoms with Gasteiger partial charge in [-0.25, -0.2) is 9.13 Å². The number of allylic oxidation sites excluding steroid dienone is 34. The zero-order chi connectivity index (χ0) is 96.4. The van der Waals surface area contributed by atoms with Gasteiger partial charge in [0.2, 0.25) is 0 Å². The van der Waals surface area contributed by atoms with E-state index in [9.17, 15) is 43.5 Å². The van der Waals surface area contributed by atoms with Crippen molar-refractivity contribution in [1.29, 1.82) is 0 Å². The van der Waals surface area contributed by atoms with Crippen LogP contribution in [-0.4, -0.2) is 95.9 Å². The van der Waals surface area contributed by atoms with Crippen LogP contribution in [0.15, 0.2) is 207 Å². The van der Waals surface area contributed by atoms with Crippen molar-refractivity contribution in [3.8, 4) is 0 Å². The summed E-state index contributed by atoms with van der Waals surface area (Å²) in [4.78, 5) is 59.3. The SMILES string of the molecule is CC/C=C\C/C=C\C/C=C\C/C=C\C/C=C\C/C=C\CCCCCCCCCCCCCCCCC(=O)OCC(O)COP(=O)(O)OCC(O)COP(=O)(O)OCC(COC(=O)CCCCCCCCCCCCCCCC/C=C\C/C=C\C/C=C\C/C=C\C/C=C\C/C=C\CC)OC(=O)CCCCCCCCCCCCCCCCC/C=C\C/C=C\C/C=C\C/C=C\C/C=C\CC. The van der Waals surface area contributed by atoms with E-state index in [1.165, 1.54) is 186 Å². The van der Waals surface area contributed by atoms with Crippen molar-refractivity contribution in [2.75, 3.05) is 39.6 Å². The first-order chi connectivity index (χ1) is 65.2. The highest BCUT2D eigenvalue weighted by atomic mass is 31.2. The molecule has 0 amide bonds. The third kappa shape index (κ3) is 106. The Balaban J connectivity index is 4.63. The molecule has 0 aliphatic heterocycles. The molecule has 0 aromatic heterocycles. The number of hydrogen-bond acceptors (Lipinski definition) is 14. The lowest BCUT2D eigenvalue weighted by Gasteiger charge is -2.21. The first-order valence-electron chi connectivity index (χ1n) is 53.4. The molecule has 0 heterocycles. The van der Waals surface area contributed by atoms with Gasteiger partial charge >= 0.3 is 33.6 Å². The van der Waals surface area contributed by atoms with Crippen molar-refractivity contribution in [3.05, 3.63) is 207 Å². The number of rotatable bonds is 100. The van der Waals surface area contributed by atoms with E-state index in [4.69, 9.17) is 32.3 Å². The Morgan fingerprint density at radius 3 is 0.594 bits per heavy atom. The van der Waals surface area contributed by atoms with Crippen LogP contribution in [0.4, 0.5) is 0 Å². The number of unbranched alkanes of at least 4 members (excludes halogenated alkanes) is 43. The van der Waals surface area contributed by atoms with E-state index in [0.29, 0.717) is 19.3 Å². The van der Waals surface area contributed by atoms with Gasteiger partial charge in [0.25, 0.3) is 0 Å². The third-order valence-electron chi connectivity index (χ3n) is 22.5. The van der Waals surface area contributed by atoms with Crippen LogP contribution in [0.5, 0.6) is 0 Å². The molecule has 5 atom stereocenters. The van der Waals surface area contributed by atoms with Gasteiger partial charge in [0.15, 0.2) is 6.10 Å². The minimum absolute atomic E-state index is 0.100. The number of aliphatic hydroxyl groups excluding tert-OH is 2. The third-order valence-corrected chi connectivity index (χ3v) is 24.4. The van der Waals surface area contributed by atoms with Crippen LogP contribution in [0.1, 0.15) is 445 Å².